The van der Waals surface area contributed by atoms with Gasteiger partial charge >= 0.3 is 0 Å². The van der Waals surface area contributed by atoms with E-state index in [2.05, 4.69) is 20.8 Å². The summed E-state index contributed by atoms with van der Waals surface area (Å²) in [6.07, 6.45) is 2.28. The van der Waals surface area contributed by atoms with E-state index in [9.17, 15) is 0 Å². The third-order valence-corrected chi connectivity index (χ3v) is 3.68. The molecular formula is C14H17ClN4. The maximum Gasteiger partial charge on any atom is 0.148 e. The van der Waals surface area contributed by atoms with Crippen LogP contribution in [0, 0.1) is 0 Å². The Bertz CT molecular complexity index is 529. The first kappa shape index (κ1) is 12.5. The van der Waals surface area contributed by atoms with Crippen LogP contribution in [-0.4, -0.2) is 29.3 Å². The zero-order valence-corrected chi connectivity index (χ0v) is 11.4. The molecular weight excluding hydrogens is 260 g/mol. The first-order valence-corrected chi connectivity index (χ1v) is 6.98. The predicted molar refractivity (Wildman–Crippen MR) is 78.5 cm³/mol. The van der Waals surface area contributed by atoms with E-state index in [1.165, 1.54) is 0 Å². The molecule has 1 fully saturated rings. The highest BCUT2D eigenvalue weighted by Gasteiger charge is 2.14. The zero-order chi connectivity index (χ0) is 13.1. The molecule has 0 aliphatic carbocycles. The predicted octanol–water partition coefficient (Wildman–Crippen LogP) is 2.89. The highest BCUT2D eigenvalue weighted by atomic mass is 35.5. The fourth-order valence-corrected chi connectivity index (χ4v) is 2.47. The van der Waals surface area contributed by atoms with Gasteiger partial charge in [-0.25, -0.2) is 0 Å². The van der Waals surface area contributed by atoms with Crippen LogP contribution in [-0.2, 0) is 0 Å². The largest absolute Gasteiger partial charge is 0.366 e. The van der Waals surface area contributed by atoms with Crippen molar-refractivity contribution in [1.82, 2.24) is 15.5 Å². The van der Waals surface area contributed by atoms with Crippen LogP contribution in [0.4, 0.5) is 5.82 Å². The summed E-state index contributed by atoms with van der Waals surface area (Å²) in [7, 11) is 0. The van der Waals surface area contributed by atoms with Crippen LogP contribution in [0.25, 0.3) is 11.3 Å². The highest BCUT2D eigenvalue weighted by molar-refractivity contribution is 6.30. The number of nitrogens with one attached hydrogen (secondary N) is 3. The average Bonchev–Trinajstić information content (AvgIpc) is 2.89. The van der Waals surface area contributed by atoms with Crippen molar-refractivity contribution in [3.63, 3.8) is 0 Å². The minimum absolute atomic E-state index is 0.516. The molecule has 0 amide bonds. The molecule has 2 heterocycles. The number of H-pyrrole nitrogens is 1. The van der Waals surface area contributed by atoms with Crippen LogP contribution in [0.3, 0.4) is 0 Å². The van der Waals surface area contributed by atoms with Crippen molar-refractivity contribution < 1.29 is 0 Å². The van der Waals surface area contributed by atoms with Crippen molar-refractivity contribution in [1.29, 1.82) is 0 Å². The highest BCUT2D eigenvalue weighted by Crippen LogP contribution is 2.22. The Morgan fingerprint density at radius 3 is 2.63 bits per heavy atom. The van der Waals surface area contributed by atoms with E-state index in [4.69, 9.17) is 11.6 Å². The molecule has 1 aliphatic heterocycles. The maximum absolute atomic E-state index is 5.89. The average molecular weight is 277 g/mol. The van der Waals surface area contributed by atoms with Gasteiger partial charge in [0.15, 0.2) is 0 Å². The number of benzene rings is 1. The molecule has 19 heavy (non-hydrogen) atoms. The van der Waals surface area contributed by atoms with E-state index in [0.29, 0.717) is 6.04 Å². The zero-order valence-electron chi connectivity index (χ0n) is 10.6. The van der Waals surface area contributed by atoms with Gasteiger partial charge in [-0.2, -0.15) is 5.10 Å². The Hall–Kier alpha value is -1.52. The van der Waals surface area contributed by atoms with Crippen LogP contribution in [0.2, 0.25) is 5.02 Å². The summed E-state index contributed by atoms with van der Waals surface area (Å²) in [5, 5.41) is 15.0. The summed E-state index contributed by atoms with van der Waals surface area (Å²) in [4.78, 5) is 0. The van der Waals surface area contributed by atoms with E-state index in [1.807, 2.05) is 30.3 Å². The molecule has 0 radical (unpaired) electrons. The smallest absolute Gasteiger partial charge is 0.148 e. The molecule has 100 valence electrons. The molecule has 1 aromatic heterocycles. The van der Waals surface area contributed by atoms with E-state index >= 15 is 0 Å². The Morgan fingerprint density at radius 2 is 1.89 bits per heavy atom. The molecule has 4 nitrogen and oxygen atoms in total. The lowest BCUT2D eigenvalue weighted by Gasteiger charge is -2.23. The van der Waals surface area contributed by atoms with Crippen molar-refractivity contribution >= 4 is 17.4 Å². The molecule has 0 spiro atoms. The molecule has 0 bridgehead atoms. The molecule has 1 aromatic carbocycles. The molecule has 2 aromatic rings. The lowest BCUT2D eigenvalue weighted by Crippen LogP contribution is -2.35. The molecule has 5 heteroatoms. The minimum atomic E-state index is 0.516. The van der Waals surface area contributed by atoms with Crippen LogP contribution in [0.1, 0.15) is 12.8 Å². The van der Waals surface area contributed by atoms with Gasteiger partial charge in [0.2, 0.25) is 0 Å². The summed E-state index contributed by atoms with van der Waals surface area (Å²) < 4.78 is 0. The van der Waals surface area contributed by atoms with Crippen molar-refractivity contribution in [2.45, 2.75) is 18.9 Å². The van der Waals surface area contributed by atoms with Gasteiger partial charge in [-0.15, -0.1) is 0 Å². The van der Waals surface area contributed by atoms with Gasteiger partial charge in [-0.3, -0.25) is 5.10 Å². The van der Waals surface area contributed by atoms with E-state index in [0.717, 1.165) is 48.0 Å². The molecule has 0 saturated carbocycles. The SMILES string of the molecule is Clc1ccc(-c2cc(NC3CCNCC3)n[nH]2)cc1. The third-order valence-electron chi connectivity index (χ3n) is 3.42. The summed E-state index contributed by atoms with van der Waals surface area (Å²) in [5.41, 5.74) is 2.10. The number of hydrogen-bond acceptors (Lipinski definition) is 3. The fourth-order valence-electron chi connectivity index (χ4n) is 2.35. The third kappa shape index (κ3) is 3.08. The van der Waals surface area contributed by atoms with E-state index in [-0.39, 0.29) is 0 Å². The van der Waals surface area contributed by atoms with Gasteiger partial charge in [0.25, 0.3) is 0 Å². The Balaban J connectivity index is 1.70. The molecule has 1 saturated heterocycles. The monoisotopic (exact) mass is 276 g/mol. The summed E-state index contributed by atoms with van der Waals surface area (Å²) in [5.74, 6) is 0.914. The summed E-state index contributed by atoms with van der Waals surface area (Å²) >= 11 is 5.89. The van der Waals surface area contributed by atoms with Gasteiger partial charge in [-0.05, 0) is 43.6 Å². The standard InChI is InChI=1S/C14H17ClN4/c15-11-3-1-10(2-4-11)13-9-14(19-18-13)17-12-5-7-16-8-6-12/h1-4,9,12,16H,5-8H2,(H2,17,18,19). The number of aromatic nitrogens is 2. The van der Waals surface area contributed by atoms with Crippen LogP contribution in [0.15, 0.2) is 30.3 Å². The Morgan fingerprint density at radius 1 is 1.16 bits per heavy atom. The molecule has 0 atom stereocenters. The molecule has 3 N–H and O–H groups in total. The van der Waals surface area contributed by atoms with E-state index < -0.39 is 0 Å². The topological polar surface area (TPSA) is 52.7 Å². The number of aromatic amines is 1. The van der Waals surface area contributed by atoms with Gasteiger partial charge in [0.05, 0.1) is 5.69 Å². The van der Waals surface area contributed by atoms with Gasteiger partial charge < -0.3 is 10.6 Å². The number of hydrogen-bond donors (Lipinski definition) is 3. The van der Waals surface area contributed by atoms with Crippen molar-refractivity contribution in [2.75, 3.05) is 18.4 Å². The van der Waals surface area contributed by atoms with Crippen molar-refractivity contribution in [2.24, 2.45) is 0 Å². The summed E-state index contributed by atoms with van der Waals surface area (Å²) in [6.45, 7) is 2.15. The number of piperidine rings is 1. The Kier molecular flexibility index (Phi) is 3.71. The Labute approximate surface area is 117 Å². The number of nitrogens with zero attached hydrogens (tertiary/aromatic N) is 1. The number of anilines is 1. The van der Waals surface area contributed by atoms with Gasteiger partial charge in [0, 0.05) is 17.1 Å². The normalized spacial score (nSPS) is 16.5. The van der Waals surface area contributed by atoms with Crippen molar-refractivity contribution in [3.05, 3.63) is 35.4 Å². The second kappa shape index (κ2) is 5.63. The second-order valence-corrected chi connectivity index (χ2v) is 5.28. The van der Waals surface area contributed by atoms with Gasteiger partial charge in [-0.1, -0.05) is 23.7 Å². The van der Waals surface area contributed by atoms with Crippen LogP contribution < -0.4 is 10.6 Å². The quantitative estimate of drug-likeness (QED) is 0.808. The van der Waals surface area contributed by atoms with E-state index in [1.54, 1.807) is 0 Å². The lowest BCUT2D eigenvalue weighted by molar-refractivity contribution is 0.478. The molecule has 1 aliphatic rings. The summed E-state index contributed by atoms with van der Waals surface area (Å²) in [6, 6.07) is 10.3. The molecule has 0 unspecified atom stereocenters. The van der Waals surface area contributed by atoms with Crippen molar-refractivity contribution in [3.8, 4) is 11.3 Å². The second-order valence-electron chi connectivity index (χ2n) is 4.84. The lowest BCUT2D eigenvalue weighted by atomic mass is 10.1. The maximum atomic E-state index is 5.89. The molecule has 3 rings (SSSR count). The van der Waals surface area contributed by atoms with Crippen LogP contribution >= 0.6 is 11.6 Å². The first-order valence-electron chi connectivity index (χ1n) is 6.60. The number of rotatable bonds is 3. The van der Waals surface area contributed by atoms with Gasteiger partial charge in [0.1, 0.15) is 5.82 Å². The minimum Gasteiger partial charge on any atom is -0.366 e. The first-order chi connectivity index (χ1) is 9.31. The fraction of sp³-hybridized carbons (Fsp3) is 0.357. The number of halogens is 1. The van der Waals surface area contributed by atoms with Crippen LogP contribution in [0.5, 0.6) is 0 Å².